The second kappa shape index (κ2) is 3.88. The molecule has 0 radical (unpaired) electrons. The molecule has 1 aliphatic carbocycles. The number of hydrogen-bond donors (Lipinski definition) is 1. The lowest BCUT2D eigenvalue weighted by molar-refractivity contribution is -0.0851. The van der Waals surface area contributed by atoms with Gasteiger partial charge in [0.25, 0.3) is 0 Å². The Bertz CT molecular complexity index is 179. The number of nitriles is 1. The number of nitrogens with zero attached hydrogens (tertiary/aromatic N) is 1. The Morgan fingerprint density at radius 1 is 1.67 bits per heavy atom. The molecule has 0 aromatic heterocycles. The van der Waals surface area contributed by atoms with Crippen molar-refractivity contribution < 1.29 is 9.84 Å². The van der Waals surface area contributed by atoms with E-state index in [1.165, 1.54) is 0 Å². The first-order valence-electron chi connectivity index (χ1n) is 4.38. The van der Waals surface area contributed by atoms with E-state index in [4.69, 9.17) is 15.1 Å². The summed E-state index contributed by atoms with van der Waals surface area (Å²) in [6.07, 6.45) is 2.31. The molecule has 0 unspecified atom stereocenters. The summed E-state index contributed by atoms with van der Waals surface area (Å²) < 4.78 is 5.40. The SMILES string of the molecule is CC1CC(C#N)(OCCCO)C1. The van der Waals surface area contributed by atoms with Crippen molar-refractivity contribution in [3.05, 3.63) is 0 Å². The van der Waals surface area contributed by atoms with Crippen LogP contribution in [0, 0.1) is 17.2 Å². The van der Waals surface area contributed by atoms with E-state index in [2.05, 4.69) is 13.0 Å². The fourth-order valence-corrected chi connectivity index (χ4v) is 1.64. The lowest BCUT2D eigenvalue weighted by Crippen LogP contribution is -2.44. The summed E-state index contributed by atoms with van der Waals surface area (Å²) in [4.78, 5) is 0. The molecule has 1 saturated carbocycles. The Hall–Kier alpha value is -0.590. The van der Waals surface area contributed by atoms with E-state index in [0.717, 1.165) is 12.8 Å². The van der Waals surface area contributed by atoms with Crippen LogP contribution in [0.5, 0.6) is 0 Å². The van der Waals surface area contributed by atoms with Gasteiger partial charge in [-0.15, -0.1) is 0 Å². The van der Waals surface area contributed by atoms with Crippen LogP contribution in [0.1, 0.15) is 26.2 Å². The number of aliphatic hydroxyl groups excluding tert-OH is 1. The van der Waals surface area contributed by atoms with Gasteiger partial charge in [0, 0.05) is 6.61 Å². The van der Waals surface area contributed by atoms with E-state index < -0.39 is 5.60 Å². The van der Waals surface area contributed by atoms with Crippen molar-refractivity contribution in [1.82, 2.24) is 0 Å². The molecule has 0 saturated heterocycles. The standard InChI is InChI=1S/C9H15NO2/c1-8-5-9(6-8,7-10)12-4-2-3-11/h8,11H,2-6H2,1H3. The summed E-state index contributed by atoms with van der Waals surface area (Å²) in [7, 11) is 0. The number of ether oxygens (including phenoxy) is 1. The summed E-state index contributed by atoms with van der Waals surface area (Å²) in [5.74, 6) is 0.610. The molecule has 3 nitrogen and oxygen atoms in total. The molecule has 0 aromatic carbocycles. The zero-order chi connectivity index (χ0) is 9.03. The molecule has 1 N–H and O–H groups in total. The van der Waals surface area contributed by atoms with Crippen molar-refractivity contribution in [3.8, 4) is 6.07 Å². The van der Waals surface area contributed by atoms with Crippen molar-refractivity contribution in [2.45, 2.75) is 31.8 Å². The minimum Gasteiger partial charge on any atom is -0.396 e. The largest absolute Gasteiger partial charge is 0.396 e. The van der Waals surface area contributed by atoms with Crippen LogP contribution in [0.4, 0.5) is 0 Å². The highest BCUT2D eigenvalue weighted by Gasteiger charge is 2.43. The van der Waals surface area contributed by atoms with Crippen LogP contribution in [0.2, 0.25) is 0 Å². The van der Waals surface area contributed by atoms with Gasteiger partial charge in [0.05, 0.1) is 12.7 Å². The van der Waals surface area contributed by atoms with Gasteiger partial charge in [-0.05, 0) is 25.2 Å². The highest BCUT2D eigenvalue weighted by Crippen LogP contribution is 2.39. The lowest BCUT2D eigenvalue weighted by atomic mass is 9.73. The molecule has 68 valence electrons. The molecule has 0 aromatic rings. The van der Waals surface area contributed by atoms with Crippen LogP contribution >= 0.6 is 0 Å². The van der Waals surface area contributed by atoms with E-state index in [0.29, 0.717) is 18.9 Å². The van der Waals surface area contributed by atoms with E-state index >= 15 is 0 Å². The molecule has 0 bridgehead atoms. The van der Waals surface area contributed by atoms with Crippen molar-refractivity contribution in [3.63, 3.8) is 0 Å². The van der Waals surface area contributed by atoms with E-state index in [1.807, 2.05) is 0 Å². The Labute approximate surface area is 73.0 Å². The van der Waals surface area contributed by atoms with Crippen LogP contribution < -0.4 is 0 Å². The Kier molecular flexibility index (Phi) is 3.07. The Morgan fingerprint density at radius 3 is 2.75 bits per heavy atom. The van der Waals surface area contributed by atoms with Gasteiger partial charge in [-0.25, -0.2) is 0 Å². The second-order valence-electron chi connectivity index (χ2n) is 3.55. The van der Waals surface area contributed by atoms with Gasteiger partial charge < -0.3 is 9.84 Å². The van der Waals surface area contributed by atoms with Crippen molar-refractivity contribution in [2.24, 2.45) is 5.92 Å². The molecule has 0 atom stereocenters. The van der Waals surface area contributed by atoms with Crippen LogP contribution in [0.3, 0.4) is 0 Å². The minimum atomic E-state index is -0.519. The van der Waals surface area contributed by atoms with Crippen molar-refractivity contribution in [1.29, 1.82) is 5.26 Å². The van der Waals surface area contributed by atoms with Gasteiger partial charge in [0.15, 0.2) is 5.60 Å². The second-order valence-corrected chi connectivity index (χ2v) is 3.55. The first-order chi connectivity index (χ1) is 5.72. The third-order valence-corrected chi connectivity index (χ3v) is 2.24. The average Bonchev–Trinajstić information content (AvgIpc) is 2.01. The van der Waals surface area contributed by atoms with E-state index in [-0.39, 0.29) is 6.61 Å². The summed E-state index contributed by atoms with van der Waals surface area (Å²) in [5.41, 5.74) is -0.519. The fraction of sp³-hybridized carbons (Fsp3) is 0.889. The topological polar surface area (TPSA) is 53.2 Å². The molecular formula is C9H15NO2. The zero-order valence-electron chi connectivity index (χ0n) is 7.42. The maximum Gasteiger partial charge on any atom is 0.154 e. The van der Waals surface area contributed by atoms with E-state index in [1.54, 1.807) is 0 Å². The monoisotopic (exact) mass is 169 g/mol. The number of hydrogen-bond acceptors (Lipinski definition) is 3. The zero-order valence-corrected chi connectivity index (χ0v) is 7.42. The smallest absolute Gasteiger partial charge is 0.154 e. The third kappa shape index (κ3) is 1.96. The maximum atomic E-state index is 8.82. The van der Waals surface area contributed by atoms with Crippen LogP contribution in [-0.4, -0.2) is 23.9 Å². The Balaban J connectivity index is 2.24. The fourth-order valence-electron chi connectivity index (χ4n) is 1.64. The van der Waals surface area contributed by atoms with Gasteiger partial charge in [0.2, 0.25) is 0 Å². The predicted molar refractivity (Wildman–Crippen MR) is 44.4 cm³/mol. The highest BCUT2D eigenvalue weighted by molar-refractivity contribution is 5.10. The quantitative estimate of drug-likeness (QED) is 0.640. The third-order valence-electron chi connectivity index (χ3n) is 2.24. The molecular weight excluding hydrogens is 154 g/mol. The molecule has 12 heavy (non-hydrogen) atoms. The summed E-state index contributed by atoms with van der Waals surface area (Å²) >= 11 is 0. The molecule has 1 fully saturated rings. The van der Waals surface area contributed by atoms with Gasteiger partial charge in [-0.3, -0.25) is 0 Å². The van der Waals surface area contributed by atoms with Crippen LogP contribution in [0.15, 0.2) is 0 Å². The number of rotatable bonds is 4. The molecule has 0 amide bonds. The van der Waals surface area contributed by atoms with Crippen LogP contribution in [-0.2, 0) is 4.74 Å². The van der Waals surface area contributed by atoms with Gasteiger partial charge in [0.1, 0.15) is 0 Å². The van der Waals surface area contributed by atoms with Gasteiger partial charge in [-0.2, -0.15) is 5.26 Å². The lowest BCUT2D eigenvalue weighted by Gasteiger charge is -2.40. The first-order valence-corrected chi connectivity index (χ1v) is 4.38. The maximum absolute atomic E-state index is 8.82. The molecule has 0 aliphatic heterocycles. The normalized spacial score (nSPS) is 33.9. The predicted octanol–water partition coefficient (Wildman–Crippen LogP) is 1.08. The highest BCUT2D eigenvalue weighted by atomic mass is 16.5. The first kappa shape index (κ1) is 9.50. The summed E-state index contributed by atoms with van der Waals surface area (Å²) in [6.45, 7) is 2.75. The van der Waals surface area contributed by atoms with Gasteiger partial charge in [-0.1, -0.05) is 6.92 Å². The molecule has 1 rings (SSSR count). The average molecular weight is 169 g/mol. The molecule has 0 spiro atoms. The minimum absolute atomic E-state index is 0.136. The van der Waals surface area contributed by atoms with Crippen LogP contribution in [0.25, 0.3) is 0 Å². The van der Waals surface area contributed by atoms with Crippen molar-refractivity contribution in [2.75, 3.05) is 13.2 Å². The van der Waals surface area contributed by atoms with Crippen molar-refractivity contribution >= 4 is 0 Å². The number of aliphatic hydroxyl groups is 1. The summed E-state index contributed by atoms with van der Waals surface area (Å²) in [5, 5.41) is 17.3. The molecule has 3 heteroatoms. The van der Waals surface area contributed by atoms with E-state index in [9.17, 15) is 0 Å². The Morgan fingerprint density at radius 2 is 2.33 bits per heavy atom. The summed E-state index contributed by atoms with van der Waals surface area (Å²) in [6, 6.07) is 2.20. The molecule has 0 heterocycles. The van der Waals surface area contributed by atoms with Gasteiger partial charge >= 0.3 is 0 Å². The molecule has 1 aliphatic rings.